The van der Waals surface area contributed by atoms with Crippen molar-refractivity contribution >= 4 is 17.9 Å². The fraction of sp³-hybridized carbons (Fsp3) is 0.818. The number of hydrogen-bond donors (Lipinski definition) is 1. The van der Waals surface area contributed by atoms with Gasteiger partial charge in [0, 0.05) is 18.2 Å². The lowest BCUT2D eigenvalue weighted by Crippen LogP contribution is -2.36. The lowest BCUT2D eigenvalue weighted by atomic mass is 9.98. The average Bonchev–Trinajstić information content (AvgIpc) is 2.59. The van der Waals surface area contributed by atoms with Crippen LogP contribution in [-0.2, 0) is 4.74 Å². The van der Waals surface area contributed by atoms with E-state index in [0.717, 1.165) is 11.5 Å². The second-order valence-electron chi connectivity index (χ2n) is 4.92. The first-order chi connectivity index (χ1) is 7.42. The Balaban J connectivity index is 2.30. The second kappa shape index (κ2) is 5.44. The van der Waals surface area contributed by atoms with Gasteiger partial charge < -0.3 is 10.1 Å². The standard InChI is InChI=1S/C11H18N2O2S/c1-11(2,3)15-10(14)13-5-9-7-16-6-8(9)4-12/h8-9H,5-7H2,1-3H3,(H,13,14)/t8-,9+/m0/s1. The van der Waals surface area contributed by atoms with Crippen LogP contribution >= 0.6 is 11.8 Å². The monoisotopic (exact) mass is 242 g/mol. The maximum Gasteiger partial charge on any atom is 0.407 e. The summed E-state index contributed by atoms with van der Waals surface area (Å²) in [6.45, 7) is 6.02. The normalized spacial score (nSPS) is 24.9. The van der Waals surface area contributed by atoms with Crippen molar-refractivity contribution in [3.8, 4) is 6.07 Å². The van der Waals surface area contributed by atoms with Crippen molar-refractivity contribution in [3.05, 3.63) is 0 Å². The van der Waals surface area contributed by atoms with Crippen LogP contribution in [0.3, 0.4) is 0 Å². The van der Waals surface area contributed by atoms with E-state index in [4.69, 9.17) is 10.00 Å². The minimum absolute atomic E-state index is 0.0555. The summed E-state index contributed by atoms with van der Waals surface area (Å²) >= 11 is 1.77. The molecule has 0 saturated carbocycles. The van der Waals surface area contributed by atoms with Crippen LogP contribution in [0.2, 0.25) is 0 Å². The van der Waals surface area contributed by atoms with Gasteiger partial charge in [0.05, 0.1) is 12.0 Å². The first kappa shape index (κ1) is 13.2. The molecule has 0 aliphatic carbocycles. The van der Waals surface area contributed by atoms with Gasteiger partial charge in [-0.25, -0.2) is 4.79 Å². The van der Waals surface area contributed by atoms with E-state index in [-0.39, 0.29) is 11.8 Å². The van der Waals surface area contributed by atoms with E-state index in [1.807, 2.05) is 20.8 Å². The van der Waals surface area contributed by atoms with E-state index < -0.39 is 11.7 Å². The van der Waals surface area contributed by atoms with Crippen LogP contribution in [0.15, 0.2) is 0 Å². The third-order valence-electron chi connectivity index (χ3n) is 2.27. The average molecular weight is 242 g/mol. The summed E-state index contributed by atoms with van der Waals surface area (Å²) in [5.74, 6) is 2.12. The fourth-order valence-corrected chi connectivity index (χ4v) is 2.86. The summed E-state index contributed by atoms with van der Waals surface area (Å²) in [7, 11) is 0. The van der Waals surface area contributed by atoms with Crippen molar-refractivity contribution in [1.82, 2.24) is 5.32 Å². The highest BCUT2D eigenvalue weighted by Gasteiger charge is 2.28. The fourth-order valence-electron chi connectivity index (χ4n) is 1.47. The van der Waals surface area contributed by atoms with Crippen molar-refractivity contribution < 1.29 is 9.53 Å². The van der Waals surface area contributed by atoms with Crippen LogP contribution < -0.4 is 5.32 Å². The van der Waals surface area contributed by atoms with Gasteiger partial charge in [0.1, 0.15) is 5.60 Å². The number of carbonyl (C=O) groups excluding carboxylic acids is 1. The van der Waals surface area contributed by atoms with Crippen LogP contribution in [0.1, 0.15) is 20.8 Å². The SMILES string of the molecule is CC(C)(C)OC(=O)NC[C@@H]1CSC[C@@H]1C#N. The van der Waals surface area contributed by atoms with Gasteiger partial charge in [-0.2, -0.15) is 17.0 Å². The lowest BCUT2D eigenvalue weighted by molar-refractivity contribution is 0.0519. The van der Waals surface area contributed by atoms with E-state index in [2.05, 4.69) is 11.4 Å². The number of thioether (sulfide) groups is 1. The molecule has 1 heterocycles. The molecule has 1 amide bonds. The zero-order valence-electron chi connectivity index (χ0n) is 9.95. The molecule has 1 rings (SSSR count). The quantitative estimate of drug-likeness (QED) is 0.804. The maximum atomic E-state index is 11.4. The number of alkyl carbamates (subject to hydrolysis) is 1. The van der Waals surface area contributed by atoms with E-state index in [0.29, 0.717) is 6.54 Å². The third kappa shape index (κ3) is 4.31. The highest BCUT2D eigenvalue weighted by atomic mass is 32.2. The zero-order chi connectivity index (χ0) is 12.2. The van der Waals surface area contributed by atoms with Gasteiger partial charge in [0.15, 0.2) is 0 Å². The minimum Gasteiger partial charge on any atom is -0.444 e. The summed E-state index contributed by atoms with van der Waals surface area (Å²) in [5, 5.41) is 11.6. The van der Waals surface area contributed by atoms with Crippen LogP contribution in [-0.4, -0.2) is 29.7 Å². The Labute approximate surface area is 101 Å². The predicted molar refractivity (Wildman–Crippen MR) is 64.2 cm³/mol. The van der Waals surface area contributed by atoms with E-state index >= 15 is 0 Å². The largest absolute Gasteiger partial charge is 0.444 e. The van der Waals surface area contributed by atoms with Gasteiger partial charge in [0.25, 0.3) is 0 Å². The van der Waals surface area contributed by atoms with Crippen LogP contribution in [0.25, 0.3) is 0 Å². The number of rotatable bonds is 2. The number of ether oxygens (including phenoxy) is 1. The molecule has 1 aliphatic heterocycles. The Morgan fingerprint density at radius 1 is 1.56 bits per heavy atom. The summed E-state index contributed by atoms with van der Waals surface area (Å²) in [4.78, 5) is 11.4. The molecule has 1 fully saturated rings. The Morgan fingerprint density at radius 2 is 2.25 bits per heavy atom. The van der Waals surface area contributed by atoms with Crippen molar-refractivity contribution in [2.45, 2.75) is 26.4 Å². The topological polar surface area (TPSA) is 62.1 Å². The second-order valence-corrected chi connectivity index (χ2v) is 5.99. The Morgan fingerprint density at radius 3 is 2.81 bits per heavy atom. The zero-order valence-corrected chi connectivity index (χ0v) is 10.8. The van der Waals surface area contributed by atoms with Gasteiger partial charge >= 0.3 is 6.09 Å². The van der Waals surface area contributed by atoms with Gasteiger partial charge in [-0.15, -0.1) is 0 Å². The molecular weight excluding hydrogens is 224 g/mol. The summed E-state index contributed by atoms with van der Waals surface area (Å²) in [6.07, 6.45) is -0.402. The smallest absolute Gasteiger partial charge is 0.407 e. The molecule has 5 heteroatoms. The predicted octanol–water partition coefficient (Wildman–Crippen LogP) is 2.01. The molecule has 0 bridgehead atoms. The van der Waals surface area contributed by atoms with Gasteiger partial charge in [-0.05, 0) is 26.5 Å². The number of carbonyl (C=O) groups is 1. The summed E-state index contributed by atoms with van der Waals surface area (Å²) < 4.78 is 5.13. The van der Waals surface area contributed by atoms with Gasteiger partial charge in [-0.1, -0.05) is 0 Å². The molecule has 4 nitrogen and oxygen atoms in total. The van der Waals surface area contributed by atoms with Crippen molar-refractivity contribution in [3.63, 3.8) is 0 Å². The molecule has 0 aromatic heterocycles. The van der Waals surface area contributed by atoms with Crippen LogP contribution in [0.4, 0.5) is 4.79 Å². The van der Waals surface area contributed by atoms with E-state index in [9.17, 15) is 4.79 Å². The maximum absolute atomic E-state index is 11.4. The number of nitrogens with zero attached hydrogens (tertiary/aromatic N) is 1. The molecule has 16 heavy (non-hydrogen) atoms. The molecule has 0 radical (unpaired) electrons. The first-order valence-corrected chi connectivity index (χ1v) is 6.52. The van der Waals surface area contributed by atoms with Gasteiger partial charge in [-0.3, -0.25) is 0 Å². The molecular formula is C11H18N2O2S. The molecule has 90 valence electrons. The highest BCUT2D eigenvalue weighted by molar-refractivity contribution is 7.99. The van der Waals surface area contributed by atoms with Crippen LogP contribution in [0.5, 0.6) is 0 Å². The first-order valence-electron chi connectivity index (χ1n) is 5.36. The minimum atomic E-state index is -0.469. The number of amides is 1. The molecule has 0 unspecified atom stereocenters. The van der Waals surface area contributed by atoms with Crippen molar-refractivity contribution in [2.24, 2.45) is 11.8 Å². The Kier molecular flexibility index (Phi) is 4.48. The molecule has 1 saturated heterocycles. The van der Waals surface area contributed by atoms with Crippen LogP contribution in [0, 0.1) is 23.2 Å². The number of hydrogen-bond acceptors (Lipinski definition) is 4. The number of nitriles is 1. The molecule has 1 N–H and O–H groups in total. The Hall–Kier alpha value is -0.890. The van der Waals surface area contributed by atoms with E-state index in [1.54, 1.807) is 11.8 Å². The Bertz CT molecular complexity index is 293. The summed E-state index contributed by atoms with van der Waals surface area (Å²) in [6, 6.07) is 2.27. The molecule has 1 aliphatic rings. The lowest BCUT2D eigenvalue weighted by Gasteiger charge is -2.21. The third-order valence-corrected chi connectivity index (χ3v) is 3.53. The molecule has 2 atom stereocenters. The van der Waals surface area contributed by atoms with Crippen molar-refractivity contribution in [1.29, 1.82) is 5.26 Å². The highest BCUT2D eigenvalue weighted by Crippen LogP contribution is 2.28. The molecule has 0 spiro atoms. The molecule has 0 aromatic rings. The molecule has 0 aromatic carbocycles. The summed E-state index contributed by atoms with van der Waals surface area (Å²) in [5.41, 5.74) is -0.469. The number of nitrogens with one attached hydrogen (secondary N) is 1. The van der Waals surface area contributed by atoms with Crippen molar-refractivity contribution in [2.75, 3.05) is 18.1 Å². The van der Waals surface area contributed by atoms with Gasteiger partial charge in [0.2, 0.25) is 0 Å². The van der Waals surface area contributed by atoms with E-state index in [1.165, 1.54) is 0 Å².